The molecule has 0 saturated carbocycles. The number of aromatic nitrogens is 2. The van der Waals surface area contributed by atoms with Gasteiger partial charge in [0.1, 0.15) is 11.6 Å². The number of hydrogen-bond acceptors (Lipinski definition) is 2. The number of anilines is 1. The molecule has 1 amide bonds. The van der Waals surface area contributed by atoms with Crippen molar-refractivity contribution in [2.24, 2.45) is 0 Å². The van der Waals surface area contributed by atoms with E-state index in [4.69, 9.17) is 11.6 Å². The number of benzene rings is 2. The van der Waals surface area contributed by atoms with E-state index in [1.54, 1.807) is 35.2 Å². The van der Waals surface area contributed by atoms with E-state index in [-0.39, 0.29) is 11.7 Å². The van der Waals surface area contributed by atoms with Gasteiger partial charge < -0.3 is 5.32 Å². The van der Waals surface area contributed by atoms with E-state index >= 15 is 0 Å². The topological polar surface area (TPSA) is 46.9 Å². The molecule has 1 heterocycles. The van der Waals surface area contributed by atoms with E-state index in [1.807, 2.05) is 24.3 Å². The first-order valence-corrected chi connectivity index (χ1v) is 7.99. The highest BCUT2D eigenvalue weighted by atomic mass is 35.5. The van der Waals surface area contributed by atoms with Crippen molar-refractivity contribution in [3.05, 3.63) is 88.8 Å². The molecule has 1 aromatic heterocycles. The van der Waals surface area contributed by atoms with E-state index < -0.39 is 0 Å². The molecule has 1 N–H and O–H groups in total. The van der Waals surface area contributed by atoms with E-state index in [9.17, 15) is 9.18 Å². The van der Waals surface area contributed by atoms with Gasteiger partial charge in [-0.1, -0.05) is 35.9 Å². The Balaban J connectivity index is 1.65. The van der Waals surface area contributed by atoms with Crippen LogP contribution < -0.4 is 5.32 Å². The highest BCUT2D eigenvalue weighted by Gasteiger charge is 2.06. The Morgan fingerprint density at radius 2 is 1.84 bits per heavy atom. The molecule has 0 saturated heterocycles. The molecule has 0 aliphatic heterocycles. The quantitative estimate of drug-likeness (QED) is 0.690. The Bertz CT molecular complexity index is 886. The van der Waals surface area contributed by atoms with E-state index in [1.165, 1.54) is 18.2 Å². The minimum Gasteiger partial charge on any atom is -0.307 e. The summed E-state index contributed by atoms with van der Waals surface area (Å²) in [4.78, 5) is 12.1. The first-order valence-electron chi connectivity index (χ1n) is 7.61. The minimum absolute atomic E-state index is 0.290. The minimum atomic E-state index is -0.312. The Morgan fingerprint density at radius 1 is 1.12 bits per heavy atom. The van der Waals surface area contributed by atoms with Gasteiger partial charge in [-0.25, -0.2) is 9.07 Å². The molecular weight excluding hydrogens is 341 g/mol. The third kappa shape index (κ3) is 4.78. The molecule has 0 aliphatic rings. The van der Waals surface area contributed by atoms with Crippen LogP contribution in [0, 0.1) is 5.82 Å². The van der Waals surface area contributed by atoms with Gasteiger partial charge in [-0.15, -0.1) is 0 Å². The molecule has 6 heteroatoms. The second-order valence-corrected chi connectivity index (χ2v) is 5.81. The average Bonchev–Trinajstić information content (AvgIpc) is 3.03. The van der Waals surface area contributed by atoms with Crippen molar-refractivity contribution >= 4 is 29.4 Å². The molecule has 0 radical (unpaired) electrons. The lowest BCUT2D eigenvalue weighted by atomic mass is 10.2. The van der Waals surface area contributed by atoms with Crippen molar-refractivity contribution in [3.8, 4) is 0 Å². The maximum atomic E-state index is 12.9. The monoisotopic (exact) mass is 355 g/mol. The molecule has 0 atom stereocenters. The van der Waals surface area contributed by atoms with Crippen molar-refractivity contribution in [1.29, 1.82) is 0 Å². The van der Waals surface area contributed by atoms with Gasteiger partial charge in [0, 0.05) is 17.2 Å². The van der Waals surface area contributed by atoms with E-state index in [0.717, 1.165) is 11.1 Å². The van der Waals surface area contributed by atoms with Crippen LogP contribution in [0.2, 0.25) is 5.02 Å². The zero-order valence-corrected chi connectivity index (χ0v) is 13.9. The van der Waals surface area contributed by atoms with Crippen molar-refractivity contribution in [1.82, 2.24) is 9.78 Å². The van der Waals surface area contributed by atoms with Gasteiger partial charge in [-0.05, 0) is 41.5 Å². The molecule has 0 bridgehead atoms. The van der Waals surface area contributed by atoms with Crippen molar-refractivity contribution in [2.75, 3.05) is 5.32 Å². The molecule has 2 aromatic carbocycles. The largest absolute Gasteiger partial charge is 0.307 e. The Kier molecular flexibility index (Phi) is 5.26. The van der Waals surface area contributed by atoms with Gasteiger partial charge in [-0.3, -0.25) is 4.79 Å². The fourth-order valence-corrected chi connectivity index (χ4v) is 2.37. The number of carbonyl (C=O) groups excluding carboxylic acids is 1. The van der Waals surface area contributed by atoms with Gasteiger partial charge in [0.15, 0.2) is 0 Å². The van der Waals surface area contributed by atoms with E-state index in [0.29, 0.717) is 17.4 Å². The Morgan fingerprint density at radius 3 is 2.56 bits per heavy atom. The maximum Gasteiger partial charge on any atom is 0.249 e. The van der Waals surface area contributed by atoms with Gasteiger partial charge in [0.2, 0.25) is 5.91 Å². The SMILES string of the molecule is O=C(/C=C/c1ccc(F)cc1)Nc1ccnn1Cc1ccc(Cl)cc1. The molecule has 4 nitrogen and oxygen atoms in total. The van der Waals surface area contributed by atoms with Gasteiger partial charge >= 0.3 is 0 Å². The maximum absolute atomic E-state index is 12.9. The number of halogens is 2. The zero-order chi connectivity index (χ0) is 17.6. The molecular formula is C19H15ClFN3O. The highest BCUT2D eigenvalue weighted by Crippen LogP contribution is 2.14. The summed E-state index contributed by atoms with van der Waals surface area (Å²) in [5.74, 6) is -0.0152. The van der Waals surface area contributed by atoms with Crippen LogP contribution in [-0.4, -0.2) is 15.7 Å². The highest BCUT2D eigenvalue weighted by molar-refractivity contribution is 6.30. The lowest BCUT2D eigenvalue weighted by molar-refractivity contribution is -0.111. The Labute approximate surface area is 149 Å². The number of rotatable bonds is 5. The van der Waals surface area contributed by atoms with Crippen molar-refractivity contribution < 1.29 is 9.18 Å². The van der Waals surface area contributed by atoms with Gasteiger partial charge in [0.05, 0.1) is 12.7 Å². The second kappa shape index (κ2) is 7.77. The standard InChI is InChI=1S/C19H15ClFN3O/c20-16-6-1-15(2-7-16)13-24-18(11-12-22-24)23-19(25)10-5-14-3-8-17(21)9-4-14/h1-12H,13H2,(H,23,25)/b10-5+. The normalized spacial score (nSPS) is 11.0. The van der Waals surface area contributed by atoms with Crippen LogP contribution in [0.1, 0.15) is 11.1 Å². The molecule has 3 aromatic rings. The number of carbonyl (C=O) groups is 1. The number of amides is 1. The number of nitrogens with one attached hydrogen (secondary N) is 1. The lowest BCUT2D eigenvalue weighted by Crippen LogP contribution is -2.13. The molecule has 0 unspecified atom stereocenters. The predicted molar refractivity (Wildman–Crippen MR) is 96.8 cm³/mol. The molecule has 25 heavy (non-hydrogen) atoms. The van der Waals surface area contributed by atoms with Crippen molar-refractivity contribution in [3.63, 3.8) is 0 Å². The third-order valence-electron chi connectivity index (χ3n) is 3.51. The average molecular weight is 356 g/mol. The molecule has 0 aliphatic carbocycles. The van der Waals surface area contributed by atoms with Gasteiger partial charge in [-0.2, -0.15) is 5.10 Å². The number of hydrogen-bond donors (Lipinski definition) is 1. The van der Waals surface area contributed by atoms with Crippen LogP contribution in [0.3, 0.4) is 0 Å². The van der Waals surface area contributed by atoms with Crippen LogP contribution in [0.4, 0.5) is 10.2 Å². The third-order valence-corrected chi connectivity index (χ3v) is 3.76. The fourth-order valence-electron chi connectivity index (χ4n) is 2.24. The van der Waals surface area contributed by atoms with Crippen LogP contribution in [-0.2, 0) is 11.3 Å². The molecule has 0 spiro atoms. The molecule has 126 valence electrons. The first-order chi connectivity index (χ1) is 12.1. The summed E-state index contributed by atoms with van der Waals surface area (Å²) >= 11 is 5.88. The first kappa shape index (κ1) is 16.9. The summed E-state index contributed by atoms with van der Waals surface area (Å²) in [5.41, 5.74) is 1.76. The summed E-state index contributed by atoms with van der Waals surface area (Å²) in [7, 11) is 0. The van der Waals surface area contributed by atoms with Crippen LogP contribution in [0.25, 0.3) is 6.08 Å². The summed E-state index contributed by atoms with van der Waals surface area (Å²) in [6.45, 7) is 0.515. The Hall–Kier alpha value is -2.92. The summed E-state index contributed by atoms with van der Waals surface area (Å²) in [6, 6.07) is 15.0. The molecule has 3 rings (SSSR count). The summed E-state index contributed by atoms with van der Waals surface area (Å²) in [6.07, 6.45) is 4.64. The molecule has 0 fully saturated rings. The predicted octanol–water partition coefficient (Wildman–Crippen LogP) is 4.38. The smallest absolute Gasteiger partial charge is 0.249 e. The summed E-state index contributed by atoms with van der Waals surface area (Å²) < 4.78 is 14.5. The van der Waals surface area contributed by atoms with Gasteiger partial charge in [0.25, 0.3) is 0 Å². The van der Waals surface area contributed by atoms with Crippen molar-refractivity contribution in [2.45, 2.75) is 6.54 Å². The number of nitrogens with zero attached hydrogens (tertiary/aromatic N) is 2. The second-order valence-electron chi connectivity index (χ2n) is 5.37. The van der Waals surface area contributed by atoms with Crippen LogP contribution in [0.15, 0.2) is 66.9 Å². The summed E-state index contributed by atoms with van der Waals surface area (Å²) in [5, 5.41) is 7.67. The fraction of sp³-hybridized carbons (Fsp3) is 0.0526. The van der Waals surface area contributed by atoms with Crippen LogP contribution in [0.5, 0.6) is 0 Å². The van der Waals surface area contributed by atoms with Crippen LogP contribution >= 0.6 is 11.6 Å². The van der Waals surface area contributed by atoms with E-state index in [2.05, 4.69) is 10.4 Å². The lowest BCUT2D eigenvalue weighted by Gasteiger charge is -2.08. The zero-order valence-electron chi connectivity index (χ0n) is 13.2.